The number of rotatable bonds is 5. The predicted octanol–water partition coefficient (Wildman–Crippen LogP) is 2.11. The molecule has 1 N–H and O–H groups in total. The molecule has 98 valence electrons. The molecular formula is C12H21NO4. The summed E-state index contributed by atoms with van der Waals surface area (Å²) in [4.78, 5) is 24.2. The highest BCUT2D eigenvalue weighted by atomic mass is 16.6. The summed E-state index contributed by atoms with van der Waals surface area (Å²) < 4.78 is 5.28. The summed E-state index contributed by atoms with van der Waals surface area (Å²) in [5.74, 6) is -0.879. The molecular weight excluding hydrogens is 222 g/mol. The first-order valence-corrected chi connectivity index (χ1v) is 5.97. The maximum atomic E-state index is 11.8. The summed E-state index contributed by atoms with van der Waals surface area (Å²) in [6, 6.07) is -0.754. The van der Waals surface area contributed by atoms with Crippen LogP contribution in [0.2, 0.25) is 0 Å². The van der Waals surface area contributed by atoms with Gasteiger partial charge < -0.3 is 9.84 Å². The van der Waals surface area contributed by atoms with Gasteiger partial charge >= 0.3 is 12.1 Å². The lowest BCUT2D eigenvalue weighted by atomic mass is 10.1. The summed E-state index contributed by atoms with van der Waals surface area (Å²) in [6.45, 7) is 5.54. The number of likely N-dealkylation sites (N-methyl/N-ethyl adjacent to an activating group) is 1. The van der Waals surface area contributed by atoms with Crippen molar-refractivity contribution in [2.45, 2.75) is 51.7 Å². The summed E-state index contributed by atoms with van der Waals surface area (Å²) in [7, 11) is 1.49. The molecule has 0 heterocycles. The van der Waals surface area contributed by atoms with Crippen molar-refractivity contribution in [3.05, 3.63) is 0 Å². The molecule has 1 rings (SSSR count). The molecule has 1 fully saturated rings. The van der Waals surface area contributed by atoms with Crippen LogP contribution in [0.25, 0.3) is 0 Å². The van der Waals surface area contributed by atoms with Crippen molar-refractivity contribution in [1.29, 1.82) is 0 Å². The fraction of sp³-hybridized carbons (Fsp3) is 0.833. The molecule has 1 amide bonds. The first-order valence-electron chi connectivity index (χ1n) is 5.97. The van der Waals surface area contributed by atoms with E-state index in [2.05, 4.69) is 0 Å². The topological polar surface area (TPSA) is 66.8 Å². The number of aliphatic carboxylic acids is 1. The maximum Gasteiger partial charge on any atom is 0.410 e. The van der Waals surface area contributed by atoms with Crippen molar-refractivity contribution < 1.29 is 19.4 Å². The van der Waals surface area contributed by atoms with Crippen LogP contribution in [0.5, 0.6) is 0 Å². The van der Waals surface area contributed by atoms with Crippen molar-refractivity contribution in [3.8, 4) is 0 Å². The summed E-state index contributed by atoms with van der Waals surface area (Å²) in [5, 5.41) is 9.11. The number of amides is 1. The van der Waals surface area contributed by atoms with Crippen molar-refractivity contribution in [1.82, 2.24) is 4.90 Å². The van der Waals surface area contributed by atoms with E-state index in [4.69, 9.17) is 9.84 Å². The van der Waals surface area contributed by atoms with E-state index in [0.29, 0.717) is 6.42 Å². The number of nitrogens with zero attached hydrogens (tertiary/aromatic N) is 1. The third kappa shape index (κ3) is 3.61. The number of carbonyl (C=O) groups is 2. The molecule has 5 heteroatoms. The average Bonchev–Trinajstić information content (AvgIpc) is 3.01. The van der Waals surface area contributed by atoms with E-state index in [-0.39, 0.29) is 5.92 Å². The molecule has 0 radical (unpaired) electrons. The molecule has 1 saturated carbocycles. The zero-order valence-corrected chi connectivity index (χ0v) is 10.9. The molecule has 0 aromatic heterocycles. The Bertz CT molecular complexity index is 310. The number of carboxylic acids is 1. The molecule has 0 aromatic carbocycles. The smallest absolute Gasteiger partial charge is 0.410 e. The molecule has 0 saturated heterocycles. The molecule has 0 aromatic rings. The van der Waals surface area contributed by atoms with Gasteiger partial charge in [0.25, 0.3) is 0 Å². The van der Waals surface area contributed by atoms with E-state index in [9.17, 15) is 9.59 Å². The van der Waals surface area contributed by atoms with Crippen LogP contribution in [-0.2, 0) is 9.53 Å². The second-order valence-corrected chi connectivity index (χ2v) is 5.21. The molecule has 0 bridgehead atoms. The van der Waals surface area contributed by atoms with Crippen LogP contribution in [0.3, 0.4) is 0 Å². The monoisotopic (exact) mass is 243 g/mol. The Morgan fingerprint density at radius 3 is 2.35 bits per heavy atom. The molecule has 0 aliphatic heterocycles. The third-order valence-electron chi connectivity index (χ3n) is 3.24. The molecule has 1 atom stereocenters. The van der Waals surface area contributed by atoms with Crippen molar-refractivity contribution in [2.24, 2.45) is 5.92 Å². The van der Waals surface area contributed by atoms with Gasteiger partial charge in [0.05, 0.1) is 0 Å². The van der Waals surface area contributed by atoms with E-state index >= 15 is 0 Å². The lowest BCUT2D eigenvalue weighted by Crippen LogP contribution is -2.46. The van der Waals surface area contributed by atoms with E-state index in [1.165, 1.54) is 11.9 Å². The van der Waals surface area contributed by atoms with Gasteiger partial charge in [-0.05, 0) is 39.0 Å². The first kappa shape index (κ1) is 13.8. The van der Waals surface area contributed by atoms with E-state index in [1.807, 2.05) is 20.8 Å². The van der Waals surface area contributed by atoms with Gasteiger partial charge in [0.15, 0.2) is 0 Å². The van der Waals surface area contributed by atoms with Crippen LogP contribution in [0, 0.1) is 5.92 Å². The van der Waals surface area contributed by atoms with Crippen molar-refractivity contribution in [3.63, 3.8) is 0 Å². The van der Waals surface area contributed by atoms with Crippen molar-refractivity contribution >= 4 is 12.1 Å². The Kier molecular flexibility index (Phi) is 4.01. The molecule has 17 heavy (non-hydrogen) atoms. The fourth-order valence-corrected chi connectivity index (χ4v) is 1.59. The van der Waals surface area contributed by atoms with Gasteiger partial charge in [-0.1, -0.05) is 6.92 Å². The molecule has 1 aliphatic rings. The van der Waals surface area contributed by atoms with Gasteiger partial charge in [0, 0.05) is 7.05 Å². The predicted molar refractivity (Wildman–Crippen MR) is 62.8 cm³/mol. The summed E-state index contributed by atoms with van der Waals surface area (Å²) in [5.41, 5.74) is -0.558. The van der Waals surface area contributed by atoms with Crippen LogP contribution in [0.4, 0.5) is 4.79 Å². The summed E-state index contributed by atoms with van der Waals surface area (Å²) in [6.07, 6.45) is 1.86. The molecule has 0 spiro atoms. The standard InChI is InChI=1S/C12H21NO4/c1-5-12(2,3)17-11(16)13(4)9(10(14)15)8-6-7-8/h8-9H,5-7H2,1-4H3,(H,14,15). The zero-order valence-electron chi connectivity index (χ0n) is 10.9. The van der Waals surface area contributed by atoms with Crippen LogP contribution in [0.15, 0.2) is 0 Å². The van der Waals surface area contributed by atoms with E-state index in [0.717, 1.165) is 12.8 Å². The van der Waals surface area contributed by atoms with Crippen LogP contribution in [-0.4, -0.2) is 40.8 Å². The van der Waals surface area contributed by atoms with Gasteiger partial charge in [-0.2, -0.15) is 0 Å². The van der Waals surface area contributed by atoms with Crippen LogP contribution < -0.4 is 0 Å². The highest BCUT2D eigenvalue weighted by Crippen LogP contribution is 2.35. The Morgan fingerprint density at radius 2 is 2.00 bits per heavy atom. The lowest BCUT2D eigenvalue weighted by Gasteiger charge is -2.30. The average molecular weight is 243 g/mol. The minimum Gasteiger partial charge on any atom is -0.480 e. The maximum absolute atomic E-state index is 11.8. The second kappa shape index (κ2) is 4.94. The third-order valence-corrected chi connectivity index (χ3v) is 3.24. The SMILES string of the molecule is CCC(C)(C)OC(=O)N(C)C(C(=O)O)C1CC1. The quantitative estimate of drug-likeness (QED) is 0.803. The Hall–Kier alpha value is -1.26. The number of hydrogen-bond donors (Lipinski definition) is 1. The first-order chi connectivity index (χ1) is 7.78. The highest BCUT2D eigenvalue weighted by molar-refractivity contribution is 5.80. The Balaban J connectivity index is 2.64. The number of ether oxygens (including phenoxy) is 1. The minimum atomic E-state index is -0.957. The fourth-order valence-electron chi connectivity index (χ4n) is 1.59. The van der Waals surface area contributed by atoms with Crippen LogP contribution >= 0.6 is 0 Å². The number of hydrogen-bond acceptors (Lipinski definition) is 3. The minimum absolute atomic E-state index is 0.0785. The van der Waals surface area contributed by atoms with Crippen molar-refractivity contribution in [2.75, 3.05) is 7.05 Å². The van der Waals surface area contributed by atoms with E-state index < -0.39 is 23.7 Å². The highest BCUT2D eigenvalue weighted by Gasteiger charge is 2.42. The van der Waals surface area contributed by atoms with Crippen LogP contribution in [0.1, 0.15) is 40.0 Å². The number of carboxylic acid groups (broad SMARTS) is 1. The van der Waals surface area contributed by atoms with E-state index in [1.54, 1.807) is 0 Å². The Morgan fingerprint density at radius 1 is 1.47 bits per heavy atom. The summed E-state index contributed by atoms with van der Waals surface area (Å²) >= 11 is 0. The van der Waals surface area contributed by atoms with Gasteiger partial charge in [-0.15, -0.1) is 0 Å². The molecule has 5 nitrogen and oxygen atoms in total. The Labute approximate surface area is 102 Å². The van der Waals surface area contributed by atoms with Gasteiger partial charge in [-0.3, -0.25) is 4.90 Å². The molecule has 1 aliphatic carbocycles. The lowest BCUT2D eigenvalue weighted by molar-refractivity contribution is -0.143. The van der Waals surface area contributed by atoms with Gasteiger partial charge in [0.2, 0.25) is 0 Å². The van der Waals surface area contributed by atoms with Gasteiger partial charge in [0.1, 0.15) is 11.6 Å². The molecule has 1 unspecified atom stereocenters. The zero-order chi connectivity index (χ0) is 13.2. The van der Waals surface area contributed by atoms with Gasteiger partial charge in [-0.25, -0.2) is 9.59 Å². The largest absolute Gasteiger partial charge is 0.480 e. The number of carbonyl (C=O) groups excluding carboxylic acids is 1. The normalized spacial score (nSPS) is 17.4. The second-order valence-electron chi connectivity index (χ2n) is 5.21.